The molecule has 2 aliphatic rings. The van der Waals surface area contributed by atoms with Gasteiger partial charge in [0, 0.05) is 24.0 Å². The molecule has 0 radical (unpaired) electrons. The van der Waals surface area contributed by atoms with Gasteiger partial charge in [-0.15, -0.1) is 11.3 Å². The number of nitrogens with zero attached hydrogens (tertiary/aromatic N) is 3. The van der Waals surface area contributed by atoms with Gasteiger partial charge in [-0.25, -0.2) is 14.8 Å². The normalized spacial score (nSPS) is 24.0. The number of hydrogen-bond donors (Lipinski definition) is 2. The molecule has 4 rings (SSSR count). The largest absolute Gasteiger partial charge is 0.465 e. The molecular formula is C16H20N4O2S. The van der Waals surface area contributed by atoms with E-state index in [0.717, 1.165) is 41.2 Å². The number of carboxylic acid groups (broad SMARTS) is 1. The highest BCUT2D eigenvalue weighted by Gasteiger charge is 2.31. The molecule has 2 atom stereocenters. The van der Waals surface area contributed by atoms with Crippen molar-refractivity contribution in [1.29, 1.82) is 0 Å². The van der Waals surface area contributed by atoms with Crippen molar-refractivity contribution < 1.29 is 9.90 Å². The number of amides is 1. The average Bonchev–Trinajstić information content (AvgIpc) is 3.11. The molecule has 0 aliphatic heterocycles. The highest BCUT2D eigenvalue weighted by atomic mass is 32.1. The number of fused-ring (bicyclic) bond motifs is 1. The van der Waals surface area contributed by atoms with Gasteiger partial charge in [-0.05, 0) is 44.1 Å². The van der Waals surface area contributed by atoms with Gasteiger partial charge in [0.2, 0.25) is 0 Å². The molecule has 0 spiro atoms. The molecule has 6 nitrogen and oxygen atoms in total. The number of rotatable bonds is 4. The van der Waals surface area contributed by atoms with Crippen LogP contribution in [0.3, 0.4) is 0 Å². The van der Waals surface area contributed by atoms with Crippen LogP contribution in [0.2, 0.25) is 0 Å². The predicted octanol–water partition coefficient (Wildman–Crippen LogP) is 3.19. The third-order valence-electron chi connectivity index (χ3n) is 4.92. The summed E-state index contributed by atoms with van der Waals surface area (Å²) in [6.07, 6.45) is 5.97. The Hall–Kier alpha value is -1.89. The summed E-state index contributed by atoms with van der Waals surface area (Å²) >= 11 is 1.78. The van der Waals surface area contributed by atoms with Gasteiger partial charge in [-0.2, -0.15) is 0 Å². The minimum absolute atomic E-state index is 0.0433. The van der Waals surface area contributed by atoms with Crippen molar-refractivity contribution in [2.75, 3.05) is 11.9 Å². The molecular weight excluding hydrogens is 312 g/mol. The maximum Gasteiger partial charge on any atom is 0.404 e. The van der Waals surface area contributed by atoms with Crippen LogP contribution in [0, 0.1) is 0 Å². The average molecular weight is 332 g/mol. The van der Waals surface area contributed by atoms with E-state index >= 15 is 0 Å². The highest BCUT2D eigenvalue weighted by Crippen LogP contribution is 2.46. The predicted molar refractivity (Wildman–Crippen MR) is 90.4 cm³/mol. The molecule has 2 fully saturated rings. The lowest BCUT2D eigenvalue weighted by Gasteiger charge is -2.26. The summed E-state index contributed by atoms with van der Waals surface area (Å²) in [5.74, 6) is 1.70. The molecule has 23 heavy (non-hydrogen) atoms. The minimum atomic E-state index is -0.936. The quantitative estimate of drug-likeness (QED) is 0.899. The van der Waals surface area contributed by atoms with E-state index in [1.807, 2.05) is 0 Å². The molecule has 2 saturated carbocycles. The van der Waals surface area contributed by atoms with Crippen molar-refractivity contribution in [1.82, 2.24) is 15.3 Å². The number of thiophene rings is 1. The summed E-state index contributed by atoms with van der Waals surface area (Å²) in [7, 11) is 2.06. The van der Waals surface area contributed by atoms with E-state index in [1.54, 1.807) is 17.7 Å². The van der Waals surface area contributed by atoms with E-state index in [0.29, 0.717) is 6.04 Å². The molecule has 0 saturated heterocycles. The second kappa shape index (κ2) is 5.63. The fraction of sp³-hybridized carbons (Fsp3) is 0.562. The molecule has 2 aromatic heterocycles. The van der Waals surface area contributed by atoms with Gasteiger partial charge in [-0.1, -0.05) is 0 Å². The second-order valence-corrected chi connectivity index (χ2v) is 7.63. The Bertz CT molecular complexity index is 743. The van der Waals surface area contributed by atoms with Gasteiger partial charge in [0.05, 0.1) is 5.39 Å². The Morgan fingerprint density at radius 3 is 2.91 bits per heavy atom. The number of carbonyl (C=O) groups is 1. The Kier molecular flexibility index (Phi) is 3.60. The smallest absolute Gasteiger partial charge is 0.404 e. The number of anilines is 1. The van der Waals surface area contributed by atoms with Crippen LogP contribution in [-0.4, -0.2) is 40.3 Å². The fourth-order valence-electron chi connectivity index (χ4n) is 3.50. The molecule has 122 valence electrons. The van der Waals surface area contributed by atoms with E-state index in [9.17, 15) is 4.79 Å². The first-order valence-electron chi connectivity index (χ1n) is 8.08. The minimum Gasteiger partial charge on any atom is -0.465 e. The van der Waals surface area contributed by atoms with Crippen LogP contribution in [0.4, 0.5) is 10.6 Å². The van der Waals surface area contributed by atoms with Gasteiger partial charge in [0.15, 0.2) is 0 Å². The van der Waals surface area contributed by atoms with Crippen LogP contribution in [0.25, 0.3) is 10.2 Å². The van der Waals surface area contributed by atoms with Crippen LogP contribution in [-0.2, 0) is 0 Å². The van der Waals surface area contributed by atoms with Crippen LogP contribution in [0.5, 0.6) is 0 Å². The van der Waals surface area contributed by atoms with Crippen molar-refractivity contribution in [2.24, 2.45) is 0 Å². The Labute approximate surface area is 138 Å². The van der Waals surface area contributed by atoms with Crippen molar-refractivity contribution in [3.05, 3.63) is 17.3 Å². The molecule has 7 heteroatoms. The second-order valence-electron chi connectivity index (χ2n) is 6.56. The van der Waals surface area contributed by atoms with Crippen LogP contribution in [0.1, 0.15) is 42.9 Å². The summed E-state index contributed by atoms with van der Waals surface area (Å²) in [6, 6.07) is 2.61. The Morgan fingerprint density at radius 1 is 1.35 bits per heavy atom. The maximum atomic E-state index is 10.8. The lowest BCUT2D eigenvalue weighted by atomic mass is 10.2. The van der Waals surface area contributed by atoms with Crippen LogP contribution in [0.15, 0.2) is 12.4 Å². The molecule has 1 amide bonds. The molecule has 2 heterocycles. The van der Waals surface area contributed by atoms with E-state index in [4.69, 9.17) is 5.11 Å². The van der Waals surface area contributed by atoms with E-state index in [1.165, 1.54) is 17.7 Å². The molecule has 0 unspecified atom stereocenters. The lowest BCUT2D eigenvalue weighted by molar-refractivity contribution is 0.190. The van der Waals surface area contributed by atoms with Gasteiger partial charge in [0.25, 0.3) is 0 Å². The van der Waals surface area contributed by atoms with Crippen molar-refractivity contribution >= 4 is 33.5 Å². The first-order valence-corrected chi connectivity index (χ1v) is 8.90. The summed E-state index contributed by atoms with van der Waals surface area (Å²) in [5.41, 5.74) is 0. The third-order valence-corrected chi connectivity index (χ3v) is 6.13. The van der Waals surface area contributed by atoms with Crippen molar-refractivity contribution in [2.45, 2.75) is 50.1 Å². The number of hydrogen-bond acceptors (Lipinski definition) is 5. The maximum absolute atomic E-state index is 10.8. The summed E-state index contributed by atoms with van der Waals surface area (Å²) in [4.78, 5) is 24.4. The van der Waals surface area contributed by atoms with Crippen molar-refractivity contribution in [3.63, 3.8) is 0 Å². The Balaban J connectivity index is 1.57. The van der Waals surface area contributed by atoms with Gasteiger partial charge in [0.1, 0.15) is 17.0 Å². The van der Waals surface area contributed by atoms with Gasteiger partial charge < -0.3 is 15.3 Å². The topological polar surface area (TPSA) is 78.4 Å². The van der Waals surface area contributed by atoms with Gasteiger partial charge in [-0.3, -0.25) is 0 Å². The van der Waals surface area contributed by atoms with E-state index in [-0.39, 0.29) is 6.04 Å². The monoisotopic (exact) mass is 332 g/mol. The zero-order valence-corrected chi connectivity index (χ0v) is 13.8. The van der Waals surface area contributed by atoms with Crippen LogP contribution < -0.4 is 10.2 Å². The summed E-state index contributed by atoms with van der Waals surface area (Å²) in [5, 5.41) is 12.6. The van der Waals surface area contributed by atoms with E-state index < -0.39 is 6.09 Å². The summed E-state index contributed by atoms with van der Waals surface area (Å²) in [6.45, 7) is 0. The SMILES string of the molecule is CN(c1ncnc2sc(C3CC3)cc12)[C@@H]1CC[C@H](NC(=O)O)C1. The van der Waals surface area contributed by atoms with Crippen molar-refractivity contribution in [3.8, 4) is 0 Å². The standard InChI is InChI=1S/C16H20N4O2S/c1-20(11-5-4-10(6-11)19-16(21)22)14-12-7-13(9-2-3-9)23-15(12)18-8-17-14/h7-11,19H,2-6H2,1H3,(H,21,22)/t10-,11+/m0/s1. The van der Waals surface area contributed by atoms with Crippen LogP contribution >= 0.6 is 11.3 Å². The third kappa shape index (κ3) is 2.85. The number of aromatic nitrogens is 2. The molecule has 2 N–H and O–H groups in total. The van der Waals surface area contributed by atoms with E-state index in [2.05, 4.69) is 33.3 Å². The molecule has 2 aliphatic carbocycles. The first kappa shape index (κ1) is 14.7. The molecule has 0 bridgehead atoms. The lowest BCUT2D eigenvalue weighted by Crippen LogP contribution is -2.35. The van der Waals surface area contributed by atoms with Gasteiger partial charge >= 0.3 is 6.09 Å². The number of nitrogens with one attached hydrogen (secondary N) is 1. The zero-order valence-electron chi connectivity index (χ0n) is 13.0. The highest BCUT2D eigenvalue weighted by molar-refractivity contribution is 7.18. The fourth-order valence-corrected chi connectivity index (χ4v) is 4.66. The molecule has 2 aromatic rings. The summed E-state index contributed by atoms with van der Waals surface area (Å²) < 4.78 is 0. The Morgan fingerprint density at radius 2 is 2.17 bits per heavy atom. The molecule has 0 aromatic carbocycles. The zero-order chi connectivity index (χ0) is 16.0. The first-order chi connectivity index (χ1) is 11.1.